The Morgan fingerprint density at radius 3 is 2.52 bits per heavy atom. The number of hydrogen-bond donors (Lipinski definition) is 1. The van der Waals surface area contributed by atoms with E-state index in [0.29, 0.717) is 36.8 Å². The van der Waals surface area contributed by atoms with Crippen molar-refractivity contribution < 1.29 is 19.0 Å². The van der Waals surface area contributed by atoms with E-state index < -0.39 is 0 Å². The number of benzene rings is 2. The molecule has 2 aromatic rings. The van der Waals surface area contributed by atoms with Crippen molar-refractivity contribution in [1.82, 2.24) is 5.32 Å². The van der Waals surface area contributed by atoms with Crippen LogP contribution in [0.5, 0.6) is 11.5 Å². The second-order valence-corrected chi connectivity index (χ2v) is 8.00. The Labute approximate surface area is 164 Å². The van der Waals surface area contributed by atoms with Crippen molar-refractivity contribution in [3.8, 4) is 11.5 Å². The molecule has 1 aliphatic heterocycles. The number of carbonyl (C=O) groups excluding carboxylic acids is 1. The van der Waals surface area contributed by atoms with Gasteiger partial charge in [-0.2, -0.15) is 0 Å². The van der Waals surface area contributed by atoms with E-state index in [9.17, 15) is 4.79 Å². The third-order valence-corrected chi connectivity index (χ3v) is 6.20. The van der Waals surface area contributed by atoms with Crippen molar-refractivity contribution in [2.24, 2.45) is 0 Å². The molecule has 3 rings (SSSR count). The molecule has 6 heteroatoms. The van der Waals surface area contributed by atoms with Gasteiger partial charge in [-0.15, -0.1) is 11.8 Å². The van der Waals surface area contributed by atoms with Crippen LogP contribution >= 0.6 is 11.8 Å². The van der Waals surface area contributed by atoms with E-state index in [1.54, 1.807) is 32.4 Å². The molecule has 0 bridgehead atoms. The Bertz CT molecular complexity index is 760. The van der Waals surface area contributed by atoms with Gasteiger partial charge in [0.05, 0.1) is 19.8 Å². The maximum atomic E-state index is 12.8. The maximum absolute atomic E-state index is 12.8. The zero-order chi connectivity index (χ0) is 19.1. The Kier molecular flexibility index (Phi) is 6.63. The predicted molar refractivity (Wildman–Crippen MR) is 107 cm³/mol. The van der Waals surface area contributed by atoms with Crippen LogP contribution in [-0.4, -0.2) is 44.6 Å². The summed E-state index contributed by atoms with van der Waals surface area (Å²) in [6.07, 6.45) is 1.79. The highest BCUT2D eigenvalue weighted by atomic mass is 32.2. The van der Waals surface area contributed by atoms with Crippen molar-refractivity contribution >= 4 is 17.7 Å². The summed E-state index contributed by atoms with van der Waals surface area (Å²) in [5, 5.41) is 3.11. The highest BCUT2D eigenvalue weighted by Gasteiger charge is 2.34. The molecule has 0 atom stereocenters. The van der Waals surface area contributed by atoms with Crippen LogP contribution in [0.2, 0.25) is 0 Å². The van der Waals surface area contributed by atoms with E-state index in [4.69, 9.17) is 14.2 Å². The lowest BCUT2D eigenvalue weighted by Gasteiger charge is -2.36. The number of methoxy groups -OCH3 is 2. The minimum Gasteiger partial charge on any atom is -0.497 e. The lowest BCUT2D eigenvalue weighted by atomic mass is 9.98. The maximum Gasteiger partial charge on any atom is 0.255 e. The SMILES string of the molecule is COc1ccc(C(=O)NCC2(Sc3ccccc3)CCOCC2)c(OC)c1. The minimum atomic E-state index is -0.144. The fourth-order valence-electron chi connectivity index (χ4n) is 3.12. The van der Waals surface area contributed by atoms with E-state index in [1.165, 1.54) is 4.90 Å². The van der Waals surface area contributed by atoms with Crippen LogP contribution in [0, 0.1) is 0 Å². The van der Waals surface area contributed by atoms with E-state index >= 15 is 0 Å². The van der Waals surface area contributed by atoms with Gasteiger partial charge in [-0.1, -0.05) is 18.2 Å². The quantitative estimate of drug-likeness (QED) is 0.784. The van der Waals surface area contributed by atoms with Crippen molar-refractivity contribution in [3.05, 3.63) is 54.1 Å². The average Bonchev–Trinajstić information content (AvgIpc) is 2.73. The van der Waals surface area contributed by atoms with Gasteiger partial charge in [0.2, 0.25) is 0 Å². The molecular weight excluding hydrogens is 362 g/mol. The first-order chi connectivity index (χ1) is 13.2. The highest BCUT2D eigenvalue weighted by Crippen LogP contribution is 2.40. The lowest BCUT2D eigenvalue weighted by Crippen LogP contribution is -2.44. The molecule has 0 aliphatic carbocycles. The molecule has 0 aromatic heterocycles. The monoisotopic (exact) mass is 387 g/mol. The molecule has 1 N–H and O–H groups in total. The first-order valence-corrected chi connectivity index (χ1v) is 9.79. The molecule has 1 aliphatic rings. The van der Waals surface area contributed by atoms with Crippen molar-refractivity contribution in [3.63, 3.8) is 0 Å². The third-order valence-electron chi connectivity index (χ3n) is 4.71. The van der Waals surface area contributed by atoms with Gasteiger partial charge >= 0.3 is 0 Å². The second-order valence-electron chi connectivity index (χ2n) is 6.46. The van der Waals surface area contributed by atoms with Crippen LogP contribution in [-0.2, 0) is 4.74 Å². The summed E-state index contributed by atoms with van der Waals surface area (Å²) in [7, 11) is 3.14. The van der Waals surface area contributed by atoms with Crippen LogP contribution in [0.25, 0.3) is 0 Å². The molecule has 144 valence electrons. The normalized spacial score (nSPS) is 15.8. The first-order valence-electron chi connectivity index (χ1n) is 8.98. The number of carbonyl (C=O) groups is 1. The molecule has 2 aromatic carbocycles. The third kappa shape index (κ3) is 4.96. The van der Waals surface area contributed by atoms with Crippen molar-refractivity contribution in [2.75, 3.05) is 34.0 Å². The summed E-state index contributed by atoms with van der Waals surface area (Å²) in [4.78, 5) is 14.0. The molecule has 1 saturated heterocycles. The number of amides is 1. The smallest absolute Gasteiger partial charge is 0.255 e. The first kappa shape index (κ1) is 19.6. The molecule has 0 spiro atoms. The molecule has 0 unspecified atom stereocenters. The molecule has 1 fully saturated rings. The summed E-state index contributed by atoms with van der Waals surface area (Å²) >= 11 is 1.82. The summed E-state index contributed by atoms with van der Waals surface area (Å²) < 4.78 is 16.0. The van der Waals surface area contributed by atoms with Gasteiger partial charge in [-0.25, -0.2) is 0 Å². The van der Waals surface area contributed by atoms with E-state index in [1.807, 2.05) is 30.0 Å². The van der Waals surface area contributed by atoms with Gasteiger partial charge in [-0.3, -0.25) is 4.79 Å². The fourth-order valence-corrected chi connectivity index (χ4v) is 4.43. The Hall–Kier alpha value is -2.18. The molecule has 0 radical (unpaired) electrons. The number of hydrogen-bond acceptors (Lipinski definition) is 5. The fraction of sp³-hybridized carbons (Fsp3) is 0.381. The zero-order valence-electron chi connectivity index (χ0n) is 15.7. The van der Waals surface area contributed by atoms with Crippen LogP contribution in [0.1, 0.15) is 23.2 Å². The van der Waals surface area contributed by atoms with Gasteiger partial charge in [0.25, 0.3) is 5.91 Å². The molecular formula is C21H25NO4S. The Morgan fingerprint density at radius 2 is 1.85 bits per heavy atom. The van der Waals surface area contributed by atoms with Crippen LogP contribution < -0.4 is 14.8 Å². The largest absolute Gasteiger partial charge is 0.497 e. The minimum absolute atomic E-state index is 0.0744. The van der Waals surface area contributed by atoms with Crippen LogP contribution in [0.3, 0.4) is 0 Å². The van der Waals surface area contributed by atoms with Crippen molar-refractivity contribution in [1.29, 1.82) is 0 Å². The Balaban J connectivity index is 1.72. The van der Waals surface area contributed by atoms with Gasteiger partial charge < -0.3 is 19.5 Å². The topological polar surface area (TPSA) is 56.8 Å². The number of ether oxygens (including phenoxy) is 3. The molecule has 5 nitrogen and oxygen atoms in total. The Morgan fingerprint density at radius 1 is 1.11 bits per heavy atom. The number of thioether (sulfide) groups is 1. The highest BCUT2D eigenvalue weighted by molar-refractivity contribution is 8.00. The van der Waals surface area contributed by atoms with Gasteiger partial charge in [0.15, 0.2) is 0 Å². The molecule has 0 saturated carbocycles. The molecule has 1 amide bonds. The van der Waals surface area contributed by atoms with Gasteiger partial charge in [0, 0.05) is 35.5 Å². The average molecular weight is 388 g/mol. The molecule has 1 heterocycles. The standard InChI is InChI=1S/C21H25NO4S/c1-24-16-8-9-18(19(14-16)25-2)20(23)22-15-21(10-12-26-13-11-21)27-17-6-4-3-5-7-17/h3-9,14H,10-13,15H2,1-2H3,(H,22,23). The summed E-state index contributed by atoms with van der Waals surface area (Å²) in [6, 6.07) is 15.5. The van der Waals surface area contributed by atoms with Gasteiger partial charge in [0.1, 0.15) is 11.5 Å². The van der Waals surface area contributed by atoms with Crippen LogP contribution in [0.4, 0.5) is 0 Å². The zero-order valence-corrected chi connectivity index (χ0v) is 16.5. The predicted octanol–water partition coefficient (Wildman–Crippen LogP) is 3.78. The van der Waals surface area contributed by atoms with E-state index in [2.05, 4.69) is 17.4 Å². The lowest BCUT2D eigenvalue weighted by molar-refractivity contribution is 0.0740. The van der Waals surface area contributed by atoms with Crippen LogP contribution in [0.15, 0.2) is 53.4 Å². The van der Waals surface area contributed by atoms with Crippen molar-refractivity contribution in [2.45, 2.75) is 22.5 Å². The number of rotatable bonds is 7. The van der Waals surface area contributed by atoms with E-state index in [-0.39, 0.29) is 10.7 Å². The summed E-state index contributed by atoms with van der Waals surface area (Å²) in [6.45, 7) is 1.99. The summed E-state index contributed by atoms with van der Waals surface area (Å²) in [5.74, 6) is 1.02. The second kappa shape index (κ2) is 9.15. The van der Waals surface area contributed by atoms with E-state index in [0.717, 1.165) is 12.8 Å². The number of nitrogens with one attached hydrogen (secondary N) is 1. The summed E-state index contributed by atoms with van der Waals surface area (Å²) in [5.41, 5.74) is 0.505. The molecule has 27 heavy (non-hydrogen) atoms. The van der Waals surface area contributed by atoms with Gasteiger partial charge in [-0.05, 0) is 37.1 Å².